The Bertz CT molecular complexity index is 678. The lowest BCUT2D eigenvalue weighted by Gasteiger charge is -2.34. The lowest BCUT2D eigenvalue weighted by atomic mass is 10.3. The zero-order valence-electron chi connectivity index (χ0n) is 13.7. The van der Waals surface area contributed by atoms with Gasteiger partial charge >= 0.3 is 0 Å². The highest BCUT2D eigenvalue weighted by Gasteiger charge is 2.20. The van der Waals surface area contributed by atoms with E-state index in [2.05, 4.69) is 40.1 Å². The lowest BCUT2D eigenvalue weighted by molar-refractivity contribution is -0.131. The first-order chi connectivity index (χ1) is 11.2. The highest BCUT2D eigenvalue weighted by molar-refractivity contribution is 7.18. The van der Waals surface area contributed by atoms with Gasteiger partial charge < -0.3 is 15.1 Å². The molecule has 1 amide bonds. The first kappa shape index (κ1) is 16.1. The van der Waals surface area contributed by atoms with Crippen LogP contribution in [-0.2, 0) is 11.2 Å². The molecule has 1 fully saturated rings. The molecule has 0 unspecified atom stereocenters. The average Bonchev–Trinajstić information content (AvgIpc) is 3.03. The Kier molecular flexibility index (Phi) is 5.07. The summed E-state index contributed by atoms with van der Waals surface area (Å²) in [5.74, 6) is 0.893. The Hall–Kier alpha value is -1.73. The van der Waals surface area contributed by atoms with E-state index in [4.69, 9.17) is 0 Å². The van der Waals surface area contributed by atoms with Gasteiger partial charge in [0, 0.05) is 31.1 Å². The molecule has 2 aromatic heterocycles. The number of carbonyl (C=O) groups is 1. The molecule has 1 aliphatic heterocycles. The predicted octanol–water partition coefficient (Wildman–Crippen LogP) is 1.83. The van der Waals surface area contributed by atoms with Crippen molar-refractivity contribution in [3.05, 3.63) is 17.3 Å². The number of nitrogens with zero attached hydrogens (tertiary/aromatic N) is 4. The molecule has 0 bridgehead atoms. The van der Waals surface area contributed by atoms with E-state index < -0.39 is 0 Å². The first-order valence-electron chi connectivity index (χ1n) is 8.18. The van der Waals surface area contributed by atoms with Crippen molar-refractivity contribution < 1.29 is 4.79 Å². The van der Waals surface area contributed by atoms with Crippen molar-refractivity contribution in [2.75, 3.05) is 44.6 Å². The van der Waals surface area contributed by atoms with E-state index in [1.165, 1.54) is 4.88 Å². The van der Waals surface area contributed by atoms with Gasteiger partial charge in [-0.1, -0.05) is 13.8 Å². The Morgan fingerprint density at radius 2 is 2.04 bits per heavy atom. The molecule has 2 aromatic rings. The predicted molar refractivity (Wildman–Crippen MR) is 94.0 cm³/mol. The number of hydrogen-bond donors (Lipinski definition) is 1. The van der Waals surface area contributed by atoms with Crippen LogP contribution in [0, 0.1) is 0 Å². The molecule has 3 rings (SSSR count). The molecule has 0 spiro atoms. The number of aromatic nitrogens is 2. The standard InChI is InChI=1S/C16H23N5OS/c1-3-12-9-13-15(18-11-19-16(13)23-12)17-10-14(22)21-7-5-20(4-2)6-8-21/h9,11H,3-8,10H2,1-2H3,(H,17,18,19). The second kappa shape index (κ2) is 7.23. The van der Waals surface area contributed by atoms with Crippen LogP contribution in [-0.4, -0.2) is 64.9 Å². The van der Waals surface area contributed by atoms with Crippen molar-refractivity contribution in [3.63, 3.8) is 0 Å². The summed E-state index contributed by atoms with van der Waals surface area (Å²) in [5, 5.41) is 4.21. The van der Waals surface area contributed by atoms with Crippen LogP contribution in [0.3, 0.4) is 0 Å². The summed E-state index contributed by atoms with van der Waals surface area (Å²) in [6.07, 6.45) is 2.55. The third-order valence-electron chi connectivity index (χ3n) is 4.31. The summed E-state index contributed by atoms with van der Waals surface area (Å²) in [6, 6.07) is 2.12. The van der Waals surface area contributed by atoms with Gasteiger partial charge in [-0.25, -0.2) is 9.97 Å². The summed E-state index contributed by atoms with van der Waals surface area (Å²) in [6.45, 7) is 9.18. The molecular weight excluding hydrogens is 310 g/mol. The molecule has 1 aliphatic rings. The fourth-order valence-corrected chi connectivity index (χ4v) is 3.74. The minimum Gasteiger partial charge on any atom is -0.360 e. The molecule has 6 nitrogen and oxygen atoms in total. The van der Waals surface area contributed by atoms with Crippen LogP contribution in [0.5, 0.6) is 0 Å². The number of thiophene rings is 1. The van der Waals surface area contributed by atoms with Crippen molar-refractivity contribution in [2.24, 2.45) is 0 Å². The highest BCUT2D eigenvalue weighted by Crippen LogP contribution is 2.28. The van der Waals surface area contributed by atoms with Gasteiger partial charge in [-0.3, -0.25) is 4.79 Å². The molecule has 7 heteroatoms. The number of fused-ring (bicyclic) bond motifs is 1. The third kappa shape index (κ3) is 3.61. The van der Waals surface area contributed by atoms with Crippen molar-refractivity contribution in [1.82, 2.24) is 19.8 Å². The molecule has 3 heterocycles. The van der Waals surface area contributed by atoms with E-state index in [1.54, 1.807) is 17.7 Å². The van der Waals surface area contributed by atoms with Gasteiger partial charge in [0.25, 0.3) is 0 Å². The summed E-state index contributed by atoms with van der Waals surface area (Å²) >= 11 is 1.68. The zero-order valence-corrected chi connectivity index (χ0v) is 14.5. The van der Waals surface area contributed by atoms with Gasteiger partial charge in [-0.15, -0.1) is 11.3 Å². The maximum absolute atomic E-state index is 12.4. The number of anilines is 1. The molecule has 124 valence electrons. The van der Waals surface area contributed by atoms with Gasteiger partial charge in [-0.05, 0) is 19.0 Å². The molecule has 1 N–H and O–H groups in total. The minimum absolute atomic E-state index is 0.137. The molecule has 23 heavy (non-hydrogen) atoms. The zero-order chi connectivity index (χ0) is 16.2. The number of piperazine rings is 1. The van der Waals surface area contributed by atoms with Crippen LogP contribution in [0.15, 0.2) is 12.4 Å². The average molecular weight is 333 g/mol. The largest absolute Gasteiger partial charge is 0.360 e. The summed E-state index contributed by atoms with van der Waals surface area (Å²) in [7, 11) is 0. The van der Waals surface area contributed by atoms with E-state index in [9.17, 15) is 4.79 Å². The quantitative estimate of drug-likeness (QED) is 0.904. The fourth-order valence-electron chi connectivity index (χ4n) is 2.81. The van der Waals surface area contributed by atoms with Crippen LogP contribution in [0.25, 0.3) is 10.2 Å². The molecule has 0 aromatic carbocycles. The van der Waals surface area contributed by atoms with Crippen LogP contribution < -0.4 is 5.32 Å². The van der Waals surface area contributed by atoms with Crippen molar-refractivity contribution in [1.29, 1.82) is 0 Å². The van der Waals surface area contributed by atoms with Gasteiger partial charge in [0.2, 0.25) is 5.91 Å². The number of amides is 1. The number of carbonyl (C=O) groups excluding carboxylic acids is 1. The van der Waals surface area contributed by atoms with E-state index in [1.807, 2.05) is 4.90 Å². The van der Waals surface area contributed by atoms with Crippen molar-refractivity contribution in [2.45, 2.75) is 20.3 Å². The summed E-state index contributed by atoms with van der Waals surface area (Å²) < 4.78 is 0. The molecule has 0 radical (unpaired) electrons. The normalized spacial score (nSPS) is 16.0. The topological polar surface area (TPSA) is 61.4 Å². The van der Waals surface area contributed by atoms with Crippen LogP contribution in [0.2, 0.25) is 0 Å². The molecule has 1 saturated heterocycles. The minimum atomic E-state index is 0.137. The van der Waals surface area contributed by atoms with Crippen LogP contribution >= 0.6 is 11.3 Å². The second-order valence-corrected chi connectivity index (χ2v) is 6.79. The number of hydrogen-bond acceptors (Lipinski definition) is 6. The molecule has 0 atom stereocenters. The maximum atomic E-state index is 12.4. The third-order valence-corrected chi connectivity index (χ3v) is 5.50. The Morgan fingerprint density at radius 3 is 2.74 bits per heavy atom. The Morgan fingerprint density at radius 1 is 1.26 bits per heavy atom. The summed E-state index contributed by atoms with van der Waals surface area (Å²) in [4.78, 5) is 27.5. The van der Waals surface area contributed by atoms with Crippen molar-refractivity contribution in [3.8, 4) is 0 Å². The number of likely N-dealkylation sites (N-methyl/N-ethyl adjacent to an activating group) is 1. The van der Waals surface area contributed by atoms with Gasteiger partial charge in [-0.2, -0.15) is 0 Å². The number of aryl methyl sites for hydroxylation is 1. The van der Waals surface area contributed by atoms with E-state index in [0.717, 1.165) is 55.2 Å². The van der Waals surface area contributed by atoms with E-state index >= 15 is 0 Å². The van der Waals surface area contributed by atoms with E-state index in [0.29, 0.717) is 0 Å². The van der Waals surface area contributed by atoms with E-state index in [-0.39, 0.29) is 12.5 Å². The highest BCUT2D eigenvalue weighted by atomic mass is 32.1. The lowest BCUT2D eigenvalue weighted by Crippen LogP contribution is -2.49. The Balaban J connectivity index is 1.62. The van der Waals surface area contributed by atoms with Crippen LogP contribution in [0.4, 0.5) is 5.82 Å². The smallest absolute Gasteiger partial charge is 0.242 e. The molecular formula is C16H23N5OS. The van der Waals surface area contributed by atoms with Gasteiger partial charge in [0.05, 0.1) is 11.9 Å². The summed E-state index contributed by atoms with van der Waals surface area (Å²) in [5.41, 5.74) is 0. The fraction of sp³-hybridized carbons (Fsp3) is 0.562. The van der Waals surface area contributed by atoms with Gasteiger partial charge in [0.15, 0.2) is 0 Å². The van der Waals surface area contributed by atoms with Crippen molar-refractivity contribution >= 4 is 33.3 Å². The van der Waals surface area contributed by atoms with Crippen LogP contribution in [0.1, 0.15) is 18.7 Å². The van der Waals surface area contributed by atoms with Gasteiger partial charge in [0.1, 0.15) is 17.0 Å². The SMILES string of the molecule is CCc1cc2c(NCC(=O)N3CCN(CC)CC3)ncnc2s1. The second-order valence-electron chi connectivity index (χ2n) is 5.68. The number of rotatable bonds is 5. The number of nitrogens with one attached hydrogen (secondary N) is 1. The maximum Gasteiger partial charge on any atom is 0.242 e. The molecule has 0 aliphatic carbocycles. The first-order valence-corrected chi connectivity index (χ1v) is 9.00. The monoisotopic (exact) mass is 333 g/mol. The Labute approximate surface area is 140 Å². The molecule has 0 saturated carbocycles.